The number of nitrogens with zero attached hydrogens (tertiary/aromatic N) is 1. The largest absolute Gasteiger partial charge is 0.381 e. The Hall–Kier alpha value is -3.55. The Bertz CT molecular complexity index is 1510. The van der Waals surface area contributed by atoms with Crippen molar-refractivity contribution in [1.82, 2.24) is 9.88 Å². The van der Waals surface area contributed by atoms with Crippen molar-refractivity contribution in [2.45, 2.75) is 25.8 Å². The van der Waals surface area contributed by atoms with Crippen molar-refractivity contribution in [3.63, 3.8) is 0 Å². The smallest absolute Gasteiger partial charge is 0.257 e. The third kappa shape index (κ3) is 5.58. The van der Waals surface area contributed by atoms with E-state index in [1.807, 2.05) is 6.07 Å². The van der Waals surface area contributed by atoms with E-state index < -0.39 is 23.0 Å². The van der Waals surface area contributed by atoms with Gasteiger partial charge in [-0.25, -0.2) is 8.78 Å². The molecule has 190 valence electrons. The van der Waals surface area contributed by atoms with Gasteiger partial charge < -0.3 is 14.6 Å². The van der Waals surface area contributed by atoms with Crippen LogP contribution >= 0.6 is 11.6 Å². The number of pyridine rings is 1. The Balaban J connectivity index is 1.56. The molecule has 5 rings (SSSR count). The Kier molecular flexibility index (Phi) is 7.35. The van der Waals surface area contributed by atoms with E-state index in [9.17, 15) is 18.4 Å². The summed E-state index contributed by atoms with van der Waals surface area (Å²) in [7, 11) is 0. The highest BCUT2D eigenvalue weighted by molar-refractivity contribution is 6.30. The van der Waals surface area contributed by atoms with Crippen LogP contribution in [-0.2, 0) is 17.7 Å². The van der Waals surface area contributed by atoms with E-state index >= 15 is 0 Å². The van der Waals surface area contributed by atoms with Gasteiger partial charge in [-0.15, -0.1) is 0 Å². The van der Waals surface area contributed by atoms with Crippen LogP contribution in [0.2, 0.25) is 5.02 Å². The quantitative estimate of drug-likeness (QED) is 0.347. The van der Waals surface area contributed by atoms with Gasteiger partial charge in [0.1, 0.15) is 17.2 Å². The summed E-state index contributed by atoms with van der Waals surface area (Å²) < 4.78 is 35.3. The fourth-order valence-electron chi connectivity index (χ4n) is 4.71. The fourth-order valence-corrected chi connectivity index (χ4v) is 4.83. The molecule has 1 aliphatic rings. The molecule has 0 spiro atoms. The number of fused-ring (bicyclic) bond motifs is 1. The number of amides is 1. The van der Waals surface area contributed by atoms with Gasteiger partial charge in [0, 0.05) is 42.4 Å². The van der Waals surface area contributed by atoms with Crippen molar-refractivity contribution in [3.8, 4) is 5.69 Å². The lowest BCUT2D eigenvalue weighted by Gasteiger charge is -2.22. The van der Waals surface area contributed by atoms with E-state index in [2.05, 4.69) is 5.32 Å². The predicted molar refractivity (Wildman–Crippen MR) is 139 cm³/mol. The van der Waals surface area contributed by atoms with Gasteiger partial charge in [-0.05, 0) is 72.7 Å². The van der Waals surface area contributed by atoms with Crippen molar-refractivity contribution < 1.29 is 18.3 Å². The molecule has 37 heavy (non-hydrogen) atoms. The zero-order valence-corrected chi connectivity index (χ0v) is 20.7. The molecule has 1 aliphatic heterocycles. The molecular formula is C29H25ClF2N2O3. The molecule has 0 aliphatic carbocycles. The third-order valence-electron chi connectivity index (χ3n) is 6.71. The van der Waals surface area contributed by atoms with Crippen LogP contribution in [0.4, 0.5) is 8.78 Å². The summed E-state index contributed by atoms with van der Waals surface area (Å²) in [6.07, 6.45) is 3.97. The van der Waals surface area contributed by atoms with Crippen LogP contribution in [0.25, 0.3) is 16.6 Å². The van der Waals surface area contributed by atoms with Gasteiger partial charge in [0.15, 0.2) is 0 Å². The van der Waals surface area contributed by atoms with E-state index in [0.717, 1.165) is 42.5 Å². The molecular weight excluding hydrogens is 498 g/mol. The molecule has 2 heterocycles. The van der Waals surface area contributed by atoms with Crippen molar-refractivity contribution in [2.75, 3.05) is 13.2 Å². The molecule has 0 bridgehead atoms. The van der Waals surface area contributed by atoms with Crippen LogP contribution in [0.3, 0.4) is 0 Å². The van der Waals surface area contributed by atoms with Gasteiger partial charge in [-0.1, -0.05) is 29.8 Å². The maximum absolute atomic E-state index is 14.8. The third-order valence-corrected chi connectivity index (χ3v) is 6.97. The Labute approximate surface area is 217 Å². The molecule has 0 radical (unpaired) electrons. The number of hydrogen-bond acceptors (Lipinski definition) is 3. The normalized spacial score (nSPS) is 14.1. The summed E-state index contributed by atoms with van der Waals surface area (Å²) in [6.45, 7) is 1.61. The van der Waals surface area contributed by atoms with Crippen LogP contribution in [0.1, 0.15) is 34.3 Å². The van der Waals surface area contributed by atoms with Gasteiger partial charge in [0.2, 0.25) is 5.43 Å². The first kappa shape index (κ1) is 25.1. The summed E-state index contributed by atoms with van der Waals surface area (Å²) in [5, 5.41) is 3.63. The molecule has 1 aromatic heterocycles. The number of aromatic nitrogens is 1. The SMILES string of the molecule is O=C(NCc1ccc(Cl)cc1)c1cn(-c2ccc(F)cc2F)c2ccc(CC3CCOCC3)cc2c1=O. The second-order valence-corrected chi connectivity index (χ2v) is 9.69. The fraction of sp³-hybridized carbons (Fsp3) is 0.241. The molecule has 1 fully saturated rings. The van der Waals surface area contributed by atoms with E-state index in [0.29, 0.717) is 35.1 Å². The zero-order chi connectivity index (χ0) is 25.9. The number of hydrogen-bond donors (Lipinski definition) is 1. The number of halogens is 3. The average molecular weight is 523 g/mol. The minimum Gasteiger partial charge on any atom is -0.381 e. The topological polar surface area (TPSA) is 60.3 Å². The molecule has 4 aromatic rings. The van der Waals surface area contributed by atoms with Gasteiger partial charge in [-0.3, -0.25) is 9.59 Å². The van der Waals surface area contributed by atoms with Crippen molar-refractivity contribution in [3.05, 3.63) is 110 Å². The molecule has 5 nitrogen and oxygen atoms in total. The molecule has 0 saturated carbocycles. The lowest BCUT2D eigenvalue weighted by atomic mass is 9.91. The molecule has 8 heteroatoms. The van der Waals surface area contributed by atoms with Gasteiger partial charge >= 0.3 is 0 Å². The molecule has 0 unspecified atom stereocenters. The van der Waals surface area contributed by atoms with E-state index in [4.69, 9.17) is 16.3 Å². The standard InChI is InChI=1S/C29H25ClF2N2O3/c30-21-4-1-19(2-5-21)16-33-29(36)24-17-34(27-8-6-22(31)15-25(27)32)26-7-3-20(14-23(26)28(24)35)13-18-9-11-37-12-10-18/h1-8,14-15,17-18H,9-13,16H2,(H,33,36). The number of ether oxygens (including phenoxy) is 1. The first-order valence-electron chi connectivity index (χ1n) is 12.1. The number of rotatable bonds is 6. The van der Waals surface area contributed by atoms with Crippen LogP contribution in [0, 0.1) is 17.6 Å². The van der Waals surface area contributed by atoms with Gasteiger partial charge in [0.05, 0.1) is 11.2 Å². The highest BCUT2D eigenvalue weighted by Crippen LogP contribution is 2.25. The second-order valence-electron chi connectivity index (χ2n) is 9.26. The van der Waals surface area contributed by atoms with Crippen LogP contribution in [-0.4, -0.2) is 23.7 Å². The molecule has 1 amide bonds. The first-order valence-corrected chi connectivity index (χ1v) is 12.5. The van der Waals surface area contributed by atoms with Crippen molar-refractivity contribution >= 4 is 28.4 Å². The number of benzene rings is 3. The average Bonchev–Trinajstić information content (AvgIpc) is 2.90. The Morgan fingerprint density at radius 2 is 1.73 bits per heavy atom. The number of carbonyl (C=O) groups excluding carboxylic acids is 1. The van der Waals surface area contributed by atoms with Crippen LogP contribution < -0.4 is 10.7 Å². The molecule has 1 saturated heterocycles. The number of carbonyl (C=O) groups is 1. The van der Waals surface area contributed by atoms with Crippen molar-refractivity contribution in [2.24, 2.45) is 5.92 Å². The monoisotopic (exact) mass is 522 g/mol. The number of nitrogens with one attached hydrogen (secondary N) is 1. The summed E-state index contributed by atoms with van der Waals surface area (Å²) in [6, 6.07) is 15.6. The van der Waals surface area contributed by atoms with Crippen LogP contribution in [0.15, 0.2) is 71.7 Å². The van der Waals surface area contributed by atoms with E-state index in [1.54, 1.807) is 36.4 Å². The van der Waals surface area contributed by atoms with Gasteiger partial charge in [0.25, 0.3) is 5.91 Å². The molecule has 0 atom stereocenters. The predicted octanol–water partition coefficient (Wildman–Crippen LogP) is 5.82. The maximum Gasteiger partial charge on any atom is 0.257 e. The Morgan fingerprint density at radius 1 is 1.00 bits per heavy atom. The summed E-state index contributed by atoms with van der Waals surface area (Å²) >= 11 is 5.93. The van der Waals surface area contributed by atoms with Gasteiger partial charge in [-0.2, -0.15) is 0 Å². The lowest BCUT2D eigenvalue weighted by molar-refractivity contribution is 0.0665. The second kappa shape index (κ2) is 10.8. The Morgan fingerprint density at radius 3 is 2.46 bits per heavy atom. The zero-order valence-electron chi connectivity index (χ0n) is 20.0. The maximum atomic E-state index is 14.8. The minimum atomic E-state index is -0.802. The highest BCUT2D eigenvalue weighted by Gasteiger charge is 2.20. The van der Waals surface area contributed by atoms with Crippen LogP contribution in [0.5, 0.6) is 0 Å². The summed E-state index contributed by atoms with van der Waals surface area (Å²) in [5.74, 6) is -1.67. The summed E-state index contributed by atoms with van der Waals surface area (Å²) in [5.41, 5.74) is 1.66. The van der Waals surface area contributed by atoms with E-state index in [1.165, 1.54) is 16.8 Å². The van der Waals surface area contributed by atoms with E-state index in [-0.39, 0.29) is 17.8 Å². The summed E-state index contributed by atoms with van der Waals surface area (Å²) in [4.78, 5) is 26.7. The minimum absolute atomic E-state index is 0.0373. The molecule has 1 N–H and O–H groups in total. The lowest BCUT2D eigenvalue weighted by Crippen LogP contribution is -2.29. The highest BCUT2D eigenvalue weighted by atomic mass is 35.5. The first-order chi connectivity index (χ1) is 17.9. The molecule has 3 aromatic carbocycles. The van der Waals surface area contributed by atoms with Crippen molar-refractivity contribution in [1.29, 1.82) is 0 Å².